The fraction of sp³-hybridized carbons (Fsp3) is 0.250. The quantitative estimate of drug-likeness (QED) is 0.0772. The predicted octanol–water partition coefficient (Wildman–Crippen LogP) is 8.86. The lowest BCUT2D eigenvalue weighted by Crippen LogP contribution is -2.04. The minimum Gasteiger partial charge on any atom is -0.493 e. The second-order valence-corrected chi connectivity index (χ2v) is 10.8. The van der Waals surface area contributed by atoms with E-state index in [9.17, 15) is 9.59 Å². The molecule has 0 saturated carbocycles. The van der Waals surface area contributed by atoms with E-state index in [1.165, 1.54) is 0 Å². The maximum atomic E-state index is 11.8. The first-order chi connectivity index (χ1) is 22.6. The molecule has 0 aromatic heterocycles. The summed E-state index contributed by atoms with van der Waals surface area (Å²) >= 11 is 0. The molecule has 0 spiro atoms. The molecular weight excluding hydrogens is 576 g/mol. The molecular formula is C40H42O6. The number of carbonyl (C=O) groups is 2. The van der Waals surface area contributed by atoms with Crippen LogP contribution in [0.2, 0.25) is 0 Å². The van der Waals surface area contributed by atoms with Crippen LogP contribution in [0.3, 0.4) is 0 Å². The van der Waals surface area contributed by atoms with Crippen molar-refractivity contribution in [2.24, 2.45) is 0 Å². The van der Waals surface area contributed by atoms with Crippen molar-refractivity contribution in [3.63, 3.8) is 0 Å². The summed E-state index contributed by atoms with van der Waals surface area (Å²) in [7, 11) is 3.21. The second-order valence-electron chi connectivity index (χ2n) is 10.8. The Morgan fingerprint density at radius 3 is 1.30 bits per heavy atom. The zero-order valence-corrected chi connectivity index (χ0v) is 26.7. The fourth-order valence-electron chi connectivity index (χ4n) is 5.05. The summed E-state index contributed by atoms with van der Waals surface area (Å²) < 4.78 is 23.1. The first-order valence-corrected chi connectivity index (χ1v) is 15.7. The van der Waals surface area contributed by atoms with Crippen LogP contribution in [-0.2, 0) is 12.8 Å². The van der Waals surface area contributed by atoms with Crippen molar-refractivity contribution in [2.75, 3.05) is 27.4 Å². The van der Waals surface area contributed by atoms with Gasteiger partial charge in [-0.1, -0.05) is 85.0 Å². The van der Waals surface area contributed by atoms with Crippen LogP contribution in [0.1, 0.15) is 68.7 Å². The summed E-state index contributed by atoms with van der Waals surface area (Å²) in [5.41, 5.74) is 5.18. The fourth-order valence-corrected chi connectivity index (χ4v) is 5.05. The lowest BCUT2D eigenvalue weighted by Gasteiger charge is -2.14. The number of rotatable bonds is 19. The monoisotopic (exact) mass is 618 g/mol. The molecule has 0 atom stereocenters. The third kappa shape index (κ3) is 10.2. The van der Waals surface area contributed by atoms with Crippen LogP contribution in [0, 0.1) is 0 Å². The molecule has 4 rings (SSSR count). The van der Waals surface area contributed by atoms with Gasteiger partial charge >= 0.3 is 0 Å². The lowest BCUT2D eigenvalue weighted by molar-refractivity contribution is 0.111. The summed E-state index contributed by atoms with van der Waals surface area (Å²) in [5, 5.41) is 0. The molecule has 0 N–H and O–H groups in total. The average molecular weight is 619 g/mol. The number of carbonyl (C=O) groups excluding carboxylic acids is 2. The minimum absolute atomic E-state index is 0.513. The van der Waals surface area contributed by atoms with Gasteiger partial charge < -0.3 is 18.9 Å². The summed E-state index contributed by atoms with van der Waals surface area (Å²) in [5.74, 6) is 2.37. The van der Waals surface area contributed by atoms with Gasteiger partial charge in [0.15, 0.2) is 23.0 Å². The van der Waals surface area contributed by atoms with Gasteiger partial charge in [0.05, 0.1) is 27.4 Å². The van der Waals surface area contributed by atoms with Crippen molar-refractivity contribution in [2.45, 2.75) is 38.5 Å². The predicted molar refractivity (Wildman–Crippen MR) is 185 cm³/mol. The molecule has 0 radical (unpaired) electrons. The Morgan fingerprint density at radius 1 is 0.522 bits per heavy atom. The SMILES string of the molecule is COc1cc(C/C=C/c2ccccc2)c(C=O)cc1OCCCCCCOc1cc(C=O)c(C/C=C/c2ccccc2)cc1OC. The Labute approximate surface area is 272 Å². The van der Waals surface area contributed by atoms with Crippen molar-refractivity contribution < 1.29 is 28.5 Å². The molecule has 4 aromatic rings. The molecule has 0 aliphatic rings. The van der Waals surface area contributed by atoms with Gasteiger partial charge in [0.2, 0.25) is 0 Å². The van der Waals surface area contributed by atoms with Gasteiger partial charge in [0.25, 0.3) is 0 Å². The third-order valence-electron chi connectivity index (χ3n) is 7.55. The lowest BCUT2D eigenvalue weighted by atomic mass is 10.0. The summed E-state index contributed by atoms with van der Waals surface area (Å²) in [6.07, 6.45) is 14.7. The zero-order valence-electron chi connectivity index (χ0n) is 26.7. The van der Waals surface area contributed by atoms with Crippen LogP contribution in [0.15, 0.2) is 97.1 Å². The van der Waals surface area contributed by atoms with E-state index in [1.54, 1.807) is 26.4 Å². The minimum atomic E-state index is 0.513. The molecule has 0 aliphatic carbocycles. The molecule has 0 bridgehead atoms. The number of unbranched alkanes of at least 4 members (excludes halogenated alkanes) is 3. The van der Waals surface area contributed by atoms with E-state index in [2.05, 4.69) is 0 Å². The van der Waals surface area contributed by atoms with E-state index in [0.29, 0.717) is 60.2 Å². The van der Waals surface area contributed by atoms with Crippen molar-refractivity contribution in [3.05, 3.63) is 130 Å². The van der Waals surface area contributed by atoms with E-state index in [0.717, 1.165) is 60.5 Å². The normalized spacial score (nSPS) is 11.1. The van der Waals surface area contributed by atoms with Crippen molar-refractivity contribution in [3.8, 4) is 23.0 Å². The Hall–Kier alpha value is -5.10. The standard InChI is InChI=1S/C40H42O6/c1-43-37-25-33(21-13-19-31-15-7-5-8-16-31)35(29-41)27-39(37)45-23-11-3-4-12-24-46-40-28-36(30-42)34(26-38(40)44-2)22-14-20-32-17-9-6-10-18-32/h5-10,13-20,25-30H,3-4,11-12,21-24H2,1-2H3/b19-13+,20-14+. The van der Waals surface area contributed by atoms with Gasteiger partial charge in [-0.05, 0) is 85.0 Å². The molecule has 0 heterocycles. The van der Waals surface area contributed by atoms with Gasteiger partial charge in [0.1, 0.15) is 12.6 Å². The van der Waals surface area contributed by atoms with Crippen molar-refractivity contribution >= 4 is 24.7 Å². The maximum Gasteiger partial charge on any atom is 0.161 e. The van der Waals surface area contributed by atoms with E-state index in [4.69, 9.17) is 18.9 Å². The summed E-state index contributed by atoms with van der Waals surface area (Å²) in [6, 6.07) is 27.4. The number of methoxy groups -OCH3 is 2. The topological polar surface area (TPSA) is 71.1 Å². The molecule has 46 heavy (non-hydrogen) atoms. The van der Waals surface area contributed by atoms with Crippen LogP contribution in [0.25, 0.3) is 12.2 Å². The smallest absolute Gasteiger partial charge is 0.161 e. The van der Waals surface area contributed by atoms with Gasteiger partial charge in [-0.3, -0.25) is 9.59 Å². The second kappa shape index (κ2) is 18.6. The highest BCUT2D eigenvalue weighted by Gasteiger charge is 2.12. The largest absolute Gasteiger partial charge is 0.493 e. The van der Waals surface area contributed by atoms with Gasteiger partial charge in [-0.15, -0.1) is 0 Å². The van der Waals surface area contributed by atoms with Crippen LogP contribution in [-0.4, -0.2) is 40.0 Å². The van der Waals surface area contributed by atoms with Crippen LogP contribution in [0.4, 0.5) is 0 Å². The highest BCUT2D eigenvalue weighted by Crippen LogP contribution is 2.32. The molecule has 6 heteroatoms. The molecule has 6 nitrogen and oxygen atoms in total. The van der Waals surface area contributed by atoms with Crippen molar-refractivity contribution in [1.82, 2.24) is 0 Å². The molecule has 0 fully saturated rings. The molecule has 0 aliphatic heterocycles. The van der Waals surface area contributed by atoms with Gasteiger partial charge in [-0.2, -0.15) is 0 Å². The Kier molecular flexibility index (Phi) is 13.7. The highest BCUT2D eigenvalue weighted by molar-refractivity contribution is 5.80. The molecule has 4 aromatic carbocycles. The van der Waals surface area contributed by atoms with E-state index >= 15 is 0 Å². The molecule has 0 unspecified atom stereocenters. The van der Waals surface area contributed by atoms with Crippen LogP contribution < -0.4 is 18.9 Å². The number of hydrogen-bond acceptors (Lipinski definition) is 6. The van der Waals surface area contributed by atoms with Crippen LogP contribution >= 0.6 is 0 Å². The molecule has 0 saturated heterocycles. The first kappa shape index (κ1) is 33.8. The average Bonchev–Trinajstić information content (AvgIpc) is 3.10. The summed E-state index contributed by atoms with van der Waals surface area (Å²) in [6.45, 7) is 1.03. The number of allylic oxidation sites excluding steroid dienone is 2. The van der Waals surface area contributed by atoms with Gasteiger partial charge in [-0.25, -0.2) is 0 Å². The molecule has 0 amide bonds. The van der Waals surface area contributed by atoms with Crippen molar-refractivity contribution in [1.29, 1.82) is 0 Å². The van der Waals surface area contributed by atoms with Gasteiger partial charge in [0, 0.05) is 11.1 Å². The Balaban J connectivity index is 1.21. The van der Waals surface area contributed by atoms with E-state index in [-0.39, 0.29) is 0 Å². The third-order valence-corrected chi connectivity index (χ3v) is 7.55. The number of ether oxygens (including phenoxy) is 4. The summed E-state index contributed by atoms with van der Waals surface area (Å²) in [4.78, 5) is 23.6. The first-order valence-electron chi connectivity index (χ1n) is 15.7. The zero-order chi connectivity index (χ0) is 32.4. The number of aldehydes is 2. The Bertz CT molecular complexity index is 1470. The number of benzene rings is 4. The van der Waals surface area contributed by atoms with Crippen LogP contribution in [0.5, 0.6) is 23.0 Å². The maximum absolute atomic E-state index is 11.8. The Morgan fingerprint density at radius 2 is 0.935 bits per heavy atom. The highest BCUT2D eigenvalue weighted by atomic mass is 16.5. The van der Waals surface area contributed by atoms with E-state index < -0.39 is 0 Å². The van der Waals surface area contributed by atoms with E-state index in [1.807, 2.05) is 97.1 Å². The number of hydrogen-bond donors (Lipinski definition) is 0. The molecule has 238 valence electrons.